The van der Waals surface area contributed by atoms with Crippen LogP contribution in [0, 0.1) is 5.82 Å². The van der Waals surface area contributed by atoms with Crippen molar-refractivity contribution < 1.29 is 13.9 Å². The zero-order valence-corrected chi connectivity index (χ0v) is 11.0. The molecule has 1 aromatic carbocycles. The van der Waals surface area contributed by atoms with Crippen LogP contribution in [0.5, 0.6) is 0 Å². The molecule has 6 heteroatoms. The number of ether oxygens (including phenoxy) is 1. The van der Waals surface area contributed by atoms with Gasteiger partial charge in [-0.15, -0.1) is 11.3 Å². The van der Waals surface area contributed by atoms with Gasteiger partial charge in [0.2, 0.25) is 0 Å². The number of esters is 1. The van der Waals surface area contributed by atoms with E-state index < -0.39 is 5.97 Å². The van der Waals surface area contributed by atoms with E-state index in [-0.39, 0.29) is 17.9 Å². The van der Waals surface area contributed by atoms with Crippen LogP contribution in [-0.4, -0.2) is 18.1 Å². The van der Waals surface area contributed by atoms with Gasteiger partial charge in [-0.25, -0.2) is 14.2 Å². The van der Waals surface area contributed by atoms with Crippen LogP contribution < -0.4 is 0 Å². The van der Waals surface area contributed by atoms with E-state index in [2.05, 4.69) is 9.72 Å². The summed E-state index contributed by atoms with van der Waals surface area (Å²) in [6.07, 6.45) is 0.257. The van der Waals surface area contributed by atoms with Crippen molar-refractivity contribution in [1.29, 1.82) is 0 Å². The lowest BCUT2D eigenvalue weighted by atomic mass is 10.1. The number of methoxy groups -OCH3 is 1. The molecule has 0 aliphatic rings. The highest BCUT2D eigenvalue weighted by molar-refractivity contribution is 7.09. The van der Waals surface area contributed by atoms with Gasteiger partial charge in [0.1, 0.15) is 5.82 Å². The number of carbonyl (C=O) groups is 1. The third-order valence-electron chi connectivity index (χ3n) is 2.34. The first-order valence-electron chi connectivity index (χ1n) is 5.07. The Hall–Kier alpha value is -1.46. The van der Waals surface area contributed by atoms with E-state index in [1.54, 1.807) is 17.5 Å². The average Bonchev–Trinajstić information content (AvgIpc) is 2.81. The molecule has 0 amide bonds. The summed E-state index contributed by atoms with van der Waals surface area (Å²) in [6, 6.07) is 4.51. The van der Waals surface area contributed by atoms with Crippen molar-refractivity contribution in [3.05, 3.63) is 50.7 Å². The quantitative estimate of drug-likeness (QED) is 0.812. The summed E-state index contributed by atoms with van der Waals surface area (Å²) < 4.78 is 18.1. The lowest BCUT2D eigenvalue weighted by molar-refractivity contribution is 0.0594. The second-order valence-corrected chi connectivity index (χ2v) is 4.84. The van der Waals surface area contributed by atoms with E-state index in [1.807, 2.05) is 0 Å². The van der Waals surface area contributed by atoms with Crippen LogP contribution in [0.4, 0.5) is 4.39 Å². The minimum absolute atomic E-state index is 0.227. The maximum Gasteiger partial charge on any atom is 0.357 e. The maximum atomic E-state index is 13.6. The van der Waals surface area contributed by atoms with Crippen LogP contribution in [0.1, 0.15) is 21.1 Å². The molecule has 0 radical (unpaired) electrons. The maximum absolute atomic E-state index is 13.6. The van der Waals surface area contributed by atoms with Crippen molar-refractivity contribution in [3.63, 3.8) is 0 Å². The number of hydrogen-bond donors (Lipinski definition) is 0. The van der Waals surface area contributed by atoms with Crippen molar-refractivity contribution in [2.45, 2.75) is 6.42 Å². The Morgan fingerprint density at radius 1 is 1.56 bits per heavy atom. The van der Waals surface area contributed by atoms with Crippen molar-refractivity contribution in [1.82, 2.24) is 4.98 Å². The van der Waals surface area contributed by atoms with Gasteiger partial charge in [0.25, 0.3) is 0 Å². The van der Waals surface area contributed by atoms with E-state index in [1.165, 1.54) is 24.5 Å². The first-order chi connectivity index (χ1) is 8.61. The van der Waals surface area contributed by atoms with Gasteiger partial charge in [-0.1, -0.05) is 17.7 Å². The molecular weight excluding hydrogens is 277 g/mol. The van der Waals surface area contributed by atoms with Crippen LogP contribution in [0.25, 0.3) is 0 Å². The highest BCUT2D eigenvalue weighted by atomic mass is 35.5. The lowest BCUT2D eigenvalue weighted by Gasteiger charge is -2.02. The van der Waals surface area contributed by atoms with E-state index in [0.717, 1.165) is 0 Å². The van der Waals surface area contributed by atoms with Gasteiger partial charge in [-0.05, 0) is 12.1 Å². The van der Waals surface area contributed by atoms with E-state index in [0.29, 0.717) is 15.6 Å². The molecule has 0 spiro atoms. The molecule has 18 heavy (non-hydrogen) atoms. The first-order valence-corrected chi connectivity index (χ1v) is 6.33. The smallest absolute Gasteiger partial charge is 0.357 e. The van der Waals surface area contributed by atoms with Crippen LogP contribution in [-0.2, 0) is 11.2 Å². The predicted molar refractivity (Wildman–Crippen MR) is 67.7 cm³/mol. The molecule has 0 atom stereocenters. The SMILES string of the molecule is COC(=O)c1csc(Cc2c(F)cccc2Cl)n1. The molecule has 2 rings (SSSR count). The van der Waals surface area contributed by atoms with Gasteiger partial charge < -0.3 is 4.74 Å². The molecule has 0 N–H and O–H groups in total. The summed E-state index contributed by atoms with van der Waals surface area (Å²) in [6.45, 7) is 0. The second-order valence-electron chi connectivity index (χ2n) is 3.50. The molecule has 1 aromatic heterocycles. The van der Waals surface area contributed by atoms with Gasteiger partial charge in [0.15, 0.2) is 5.69 Å². The van der Waals surface area contributed by atoms with Gasteiger partial charge in [0, 0.05) is 22.4 Å². The highest BCUT2D eigenvalue weighted by Crippen LogP contribution is 2.23. The average molecular weight is 286 g/mol. The van der Waals surface area contributed by atoms with Crippen molar-refractivity contribution in [2.24, 2.45) is 0 Å². The molecule has 94 valence electrons. The molecule has 0 aliphatic heterocycles. The Kier molecular flexibility index (Phi) is 3.93. The Labute approximate surface area is 112 Å². The monoisotopic (exact) mass is 285 g/mol. The topological polar surface area (TPSA) is 39.2 Å². The standard InChI is InChI=1S/C12H9ClFNO2S/c1-17-12(16)10-6-18-11(15-10)5-7-8(13)3-2-4-9(7)14/h2-4,6H,5H2,1H3. The lowest BCUT2D eigenvalue weighted by Crippen LogP contribution is -2.02. The third kappa shape index (κ3) is 2.68. The Morgan fingerprint density at radius 2 is 2.33 bits per heavy atom. The predicted octanol–water partition coefficient (Wildman–Crippen LogP) is 3.31. The highest BCUT2D eigenvalue weighted by Gasteiger charge is 2.14. The molecule has 3 nitrogen and oxygen atoms in total. The Balaban J connectivity index is 2.24. The number of thiazole rings is 1. The minimum atomic E-state index is -0.503. The number of benzene rings is 1. The number of carbonyl (C=O) groups excluding carboxylic acids is 1. The summed E-state index contributed by atoms with van der Waals surface area (Å²) in [5, 5.41) is 2.54. The molecule has 0 fully saturated rings. The zero-order valence-electron chi connectivity index (χ0n) is 9.44. The number of rotatable bonds is 3. The molecule has 0 aliphatic carbocycles. The number of aromatic nitrogens is 1. The summed E-state index contributed by atoms with van der Waals surface area (Å²) in [5.74, 6) is -0.880. The van der Waals surface area contributed by atoms with Crippen molar-refractivity contribution in [2.75, 3.05) is 7.11 Å². The van der Waals surface area contributed by atoms with Gasteiger partial charge >= 0.3 is 5.97 Å². The Morgan fingerprint density at radius 3 is 3.00 bits per heavy atom. The summed E-state index contributed by atoms with van der Waals surface area (Å²) in [5.41, 5.74) is 0.606. The fourth-order valence-corrected chi connectivity index (χ4v) is 2.45. The molecule has 0 saturated heterocycles. The molecular formula is C12H9ClFNO2S. The molecule has 2 aromatic rings. The zero-order chi connectivity index (χ0) is 13.1. The largest absolute Gasteiger partial charge is 0.464 e. The molecule has 1 heterocycles. The number of halogens is 2. The van der Waals surface area contributed by atoms with Gasteiger partial charge in [-0.2, -0.15) is 0 Å². The molecule has 0 unspecified atom stereocenters. The number of hydrogen-bond acceptors (Lipinski definition) is 4. The van der Waals surface area contributed by atoms with Crippen molar-refractivity contribution in [3.8, 4) is 0 Å². The Bertz CT molecular complexity index is 565. The summed E-state index contributed by atoms with van der Waals surface area (Å²) in [4.78, 5) is 15.3. The van der Waals surface area contributed by atoms with Crippen LogP contribution in [0.2, 0.25) is 5.02 Å². The molecule has 0 bridgehead atoms. The van der Waals surface area contributed by atoms with Crippen LogP contribution in [0.3, 0.4) is 0 Å². The molecule has 0 saturated carbocycles. The summed E-state index contributed by atoms with van der Waals surface area (Å²) in [7, 11) is 1.29. The first kappa shape index (κ1) is 13.0. The van der Waals surface area contributed by atoms with Gasteiger partial charge in [-0.3, -0.25) is 0 Å². The number of nitrogens with zero attached hydrogens (tertiary/aromatic N) is 1. The van der Waals surface area contributed by atoms with E-state index in [4.69, 9.17) is 11.6 Å². The van der Waals surface area contributed by atoms with Crippen LogP contribution >= 0.6 is 22.9 Å². The fourth-order valence-electron chi connectivity index (χ4n) is 1.44. The van der Waals surface area contributed by atoms with Crippen molar-refractivity contribution >= 4 is 28.9 Å². The van der Waals surface area contributed by atoms with E-state index >= 15 is 0 Å². The van der Waals surface area contributed by atoms with Gasteiger partial charge in [0.05, 0.1) is 12.1 Å². The minimum Gasteiger partial charge on any atom is -0.464 e. The van der Waals surface area contributed by atoms with Crippen LogP contribution in [0.15, 0.2) is 23.6 Å². The second kappa shape index (κ2) is 5.46. The fraction of sp³-hybridized carbons (Fsp3) is 0.167. The normalized spacial score (nSPS) is 10.4. The summed E-state index contributed by atoms with van der Waals surface area (Å²) >= 11 is 7.19. The third-order valence-corrected chi connectivity index (χ3v) is 3.54. The van der Waals surface area contributed by atoms with E-state index in [9.17, 15) is 9.18 Å².